The Kier molecular flexibility index (Phi) is 5.30. The first-order valence-corrected chi connectivity index (χ1v) is 8.43. The zero-order valence-corrected chi connectivity index (χ0v) is 13.2. The molecule has 0 aromatic rings. The maximum Gasteiger partial charge on any atom is 0.0631 e. The third kappa shape index (κ3) is 3.95. The first-order valence-electron chi connectivity index (χ1n) is 8.43. The van der Waals surface area contributed by atoms with Crippen LogP contribution < -0.4 is 0 Å². The molecule has 0 spiro atoms. The zero-order valence-electron chi connectivity index (χ0n) is 13.2. The average Bonchev–Trinajstić information content (AvgIpc) is 2.57. The number of aliphatic hydroxyl groups is 1. The highest BCUT2D eigenvalue weighted by Crippen LogP contribution is 2.41. The third-order valence-electron chi connectivity index (χ3n) is 5.54. The number of hydrogen-bond donors (Lipinski definition) is 1. The maximum atomic E-state index is 10.4. The van der Waals surface area contributed by atoms with Gasteiger partial charge in [0.25, 0.3) is 0 Å². The molecule has 1 saturated carbocycles. The van der Waals surface area contributed by atoms with Gasteiger partial charge in [-0.2, -0.15) is 0 Å². The van der Waals surface area contributed by atoms with Crippen molar-refractivity contribution < 1.29 is 5.11 Å². The predicted octanol–water partition coefficient (Wildman–Crippen LogP) is 3.69. The van der Waals surface area contributed by atoms with E-state index < -0.39 is 0 Å². The number of rotatable bonds is 4. The molecule has 1 heterocycles. The first kappa shape index (κ1) is 15.3. The van der Waals surface area contributed by atoms with Crippen molar-refractivity contribution in [2.24, 2.45) is 17.3 Å². The smallest absolute Gasteiger partial charge is 0.0631 e. The molecule has 2 aliphatic rings. The molecule has 112 valence electrons. The minimum absolute atomic E-state index is 0.0952. The lowest BCUT2D eigenvalue weighted by Crippen LogP contribution is -2.37. The van der Waals surface area contributed by atoms with Gasteiger partial charge in [0.05, 0.1) is 6.10 Å². The summed E-state index contributed by atoms with van der Waals surface area (Å²) in [7, 11) is 0. The van der Waals surface area contributed by atoms with Gasteiger partial charge in [-0.3, -0.25) is 0 Å². The molecule has 1 saturated heterocycles. The summed E-state index contributed by atoms with van der Waals surface area (Å²) in [6.07, 6.45) is 9.20. The van der Waals surface area contributed by atoms with Crippen molar-refractivity contribution in [3.63, 3.8) is 0 Å². The van der Waals surface area contributed by atoms with Crippen LogP contribution in [0.4, 0.5) is 0 Å². The summed E-state index contributed by atoms with van der Waals surface area (Å²) in [6.45, 7) is 10.4. The van der Waals surface area contributed by atoms with Gasteiger partial charge in [-0.25, -0.2) is 0 Å². The topological polar surface area (TPSA) is 23.5 Å². The Morgan fingerprint density at radius 3 is 2.58 bits per heavy atom. The van der Waals surface area contributed by atoms with E-state index in [0.717, 1.165) is 12.5 Å². The molecule has 3 unspecified atom stereocenters. The molecule has 2 nitrogen and oxygen atoms in total. The van der Waals surface area contributed by atoms with Crippen molar-refractivity contribution >= 4 is 0 Å². The fourth-order valence-corrected chi connectivity index (χ4v) is 4.13. The van der Waals surface area contributed by atoms with Crippen LogP contribution in [0.5, 0.6) is 0 Å². The van der Waals surface area contributed by atoms with E-state index >= 15 is 0 Å². The van der Waals surface area contributed by atoms with Gasteiger partial charge < -0.3 is 10.0 Å². The second-order valence-corrected chi connectivity index (χ2v) is 7.62. The van der Waals surface area contributed by atoms with Gasteiger partial charge in [-0.15, -0.1) is 0 Å². The fourth-order valence-electron chi connectivity index (χ4n) is 4.13. The minimum Gasteiger partial charge on any atom is -0.392 e. The lowest BCUT2D eigenvalue weighted by atomic mass is 9.87. The molecule has 0 radical (unpaired) electrons. The van der Waals surface area contributed by atoms with E-state index in [2.05, 4.69) is 25.7 Å². The molecule has 3 atom stereocenters. The molecular formula is C17H33NO. The summed E-state index contributed by atoms with van der Waals surface area (Å²) in [4.78, 5) is 2.63. The van der Waals surface area contributed by atoms with E-state index in [0.29, 0.717) is 5.92 Å². The number of hydrogen-bond acceptors (Lipinski definition) is 2. The minimum atomic E-state index is -0.0952. The van der Waals surface area contributed by atoms with Crippen LogP contribution in [-0.2, 0) is 0 Å². The second kappa shape index (κ2) is 6.58. The SMILES string of the molecule is CCCC1CCCN(CC2CCC(C)(C)C2O)CC1. The van der Waals surface area contributed by atoms with Crippen LogP contribution in [0.15, 0.2) is 0 Å². The van der Waals surface area contributed by atoms with Gasteiger partial charge in [-0.05, 0) is 62.4 Å². The molecule has 1 aliphatic carbocycles. The van der Waals surface area contributed by atoms with Crippen LogP contribution >= 0.6 is 0 Å². The van der Waals surface area contributed by atoms with Crippen LogP contribution in [0.1, 0.15) is 65.7 Å². The summed E-state index contributed by atoms with van der Waals surface area (Å²) in [5.41, 5.74) is 0.140. The molecule has 1 N–H and O–H groups in total. The Balaban J connectivity index is 1.80. The molecular weight excluding hydrogens is 234 g/mol. The van der Waals surface area contributed by atoms with E-state index in [-0.39, 0.29) is 11.5 Å². The summed E-state index contributed by atoms with van der Waals surface area (Å²) in [5.74, 6) is 1.47. The largest absolute Gasteiger partial charge is 0.392 e. The van der Waals surface area contributed by atoms with Gasteiger partial charge in [0.15, 0.2) is 0 Å². The van der Waals surface area contributed by atoms with E-state index in [1.165, 1.54) is 58.0 Å². The highest BCUT2D eigenvalue weighted by atomic mass is 16.3. The second-order valence-electron chi connectivity index (χ2n) is 7.62. The third-order valence-corrected chi connectivity index (χ3v) is 5.54. The lowest BCUT2D eigenvalue weighted by Gasteiger charge is -2.29. The van der Waals surface area contributed by atoms with Crippen LogP contribution in [0, 0.1) is 17.3 Å². The lowest BCUT2D eigenvalue weighted by molar-refractivity contribution is 0.0329. The van der Waals surface area contributed by atoms with Gasteiger partial charge in [0.1, 0.15) is 0 Å². The Morgan fingerprint density at radius 2 is 1.95 bits per heavy atom. The molecule has 0 bridgehead atoms. The predicted molar refractivity (Wildman–Crippen MR) is 81.2 cm³/mol. The molecule has 0 aromatic heterocycles. The Bertz CT molecular complexity index is 276. The van der Waals surface area contributed by atoms with Gasteiger partial charge in [0, 0.05) is 6.54 Å². The summed E-state index contributed by atoms with van der Waals surface area (Å²) in [5, 5.41) is 10.4. The zero-order chi connectivity index (χ0) is 13.9. The molecule has 2 rings (SSSR count). The van der Waals surface area contributed by atoms with Crippen molar-refractivity contribution in [1.82, 2.24) is 4.90 Å². The van der Waals surface area contributed by atoms with E-state index in [1.54, 1.807) is 0 Å². The Morgan fingerprint density at radius 1 is 1.16 bits per heavy atom. The molecule has 0 aromatic carbocycles. The monoisotopic (exact) mass is 267 g/mol. The van der Waals surface area contributed by atoms with E-state index in [9.17, 15) is 5.11 Å². The standard InChI is InChI=1S/C17H33NO/c1-4-6-14-7-5-11-18(12-9-14)13-15-8-10-17(2,3)16(15)19/h14-16,19H,4-13H2,1-3H3. The van der Waals surface area contributed by atoms with Crippen molar-refractivity contribution in [2.75, 3.05) is 19.6 Å². The van der Waals surface area contributed by atoms with Crippen molar-refractivity contribution in [3.05, 3.63) is 0 Å². The molecule has 1 aliphatic heterocycles. The summed E-state index contributed by atoms with van der Waals surface area (Å²) >= 11 is 0. The Hall–Kier alpha value is -0.0800. The first-order chi connectivity index (χ1) is 9.03. The van der Waals surface area contributed by atoms with Gasteiger partial charge in [0.2, 0.25) is 0 Å². The van der Waals surface area contributed by atoms with E-state index in [1.807, 2.05) is 0 Å². The Labute approximate surface area is 119 Å². The quantitative estimate of drug-likeness (QED) is 0.840. The van der Waals surface area contributed by atoms with Gasteiger partial charge >= 0.3 is 0 Å². The van der Waals surface area contributed by atoms with Crippen LogP contribution in [0.3, 0.4) is 0 Å². The molecule has 0 amide bonds. The van der Waals surface area contributed by atoms with Crippen LogP contribution in [0.2, 0.25) is 0 Å². The summed E-state index contributed by atoms with van der Waals surface area (Å²) < 4.78 is 0. The fraction of sp³-hybridized carbons (Fsp3) is 1.00. The summed E-state index contributed by atoms with van der Waals surface area (Å²) in [6, 6.07) is 0. The van der Waals surface area contributed by atoms with Crippen molar-refractivity contribution in [1.29, 1.82) is 0 Å². The number of nitrogens with zero attached hydrogens (tertiary/aromatic N) is 1. The van der Waals surface area contributed by atoms with Crippen molar-refractivity contribution in [2.45, 2.75) is 71.8 Å². The highest BCUT2D eigenvalue weighted by molar-refractivity contribution is 4.92. The van der Waals surface area contributed by atoms with Crippen molar-refractivity contribution in [3.8, 4) is 0 Å². The number of aliphatic hydroxyl groups excluding tert-OH is 1. The number of likely N-dealkylation sites (tertiary alicyclic amines) is 1. The van der Waals surface area contributed by atoms with Crippen LogP contribution in [-0.4, -0.2) is 35.7 Å². The average molecular weight is 267 g/mol. The molecule has 2 heteroatoms. The molecule has 19 heavy (non-hydrogen) atoms. The highest BCUT2D eigenvalue weighted by Gasteiger charge is 2.41. The van der Waals surface area contributed by atoms with Crippen LogP contribution in [0.25, 0.3) is 0 Å². The van der Waals surface area contributed by atoms with Gasteiger partial charge in [-0.1, -0.05) is 33.6 Å². The normalized spacial score (nSPS) is 36.3. The molecule has 2 fully saturated rings. The maximum absolute atomic E-state index is 10.4. The van der Waals surface area contributed by atoms with E-state index in [4.69, 9.17) is 0 Å².